The fourth-order valence-electron chi connectivity index (χ4n) is 5.65. The van der Waals surface area contributed by atoms with Crippen molar-refractivity contribution in [2.75, 3.05) is 55.9 Å². The van der Waals surface area contributed by atoms with E-state index in [0.717, 1.165) is 55.8 Å². The highest BCUT2D eigenvalue weighted by Gasteiger charge is 2.34. The first kappa shape index (κ1) is 33.1. The molecular formula is C35H39FN8O3. The molecule has 2 aliphatic heterocycles. The predicted molar refractivity (Wildman–Crippen MR) is 181 cm³/mol. The van der Waals surface area contributed by atoms with Crippen LogP contribution in [-0.2, 0) is 4.79 Å². The van der Waals surface area contributed by atoms with Gasteiger partial charge in [-0.05, 0) is 76.7 Å². The molecule has 2 fully saturated rings. The van der Waals surface area contributed by atoms with Gasteiger partial charge in [0.2, 0.25) is 0 Å². The van der Waals surface area contributed by atoms with Crippen molar-refractivity contribution in [3.05, 3.63) is 73.5 Å². The van der Waals surface area contributed by atoms with E-state index in [2.05, 4.69) is 55.1 Å². The lowest BCUT2D eigenvalue weighted by molar-refractivity contribution is -0.104. The van der Waals surface area contributed by atoms with E-state index in [1.165, 1.54) is 18.5 Å². The summed E-state index contributed by atoms with van der Waals surface area (Å²) < 4.78 is 27.0. The molecule has 4 aromatic rings. The molecule has 2 aromatic heterocycles. The number of fused-ring (bicyclic) bond motifs is 1. The van der Waals surface area contributed by atoms with Crippen LogP contribution in [0.25, 0.3) is 10.9 Å². The summed E-state index contributed by atoms with van der Waals surface area (Å²) in [5.74, 6) is 2.32. The molecule has 0 bridgehead atoms. The molecule has 0 radical (unpaired) electrons. The molecule has 6 rings (SSSR count). The van der Waals surface area contributed by atoms with Gasteiger partial charge in [-0.3, -0.25) is 4.79 Å². The van der Waals surface area contributed by atoms with Crippen LogP contribution in [0.5, 0.6) is 17.2 Å². The Balaban J connectivity index is 0.00000103. The van der Waals surface area contributed by atoms with E-state index in [-0.39, 0.29) is 5.69 Å². The normalized spacial score (nSPS) is 18.1. The highest BCUT2D eigenvalue weighted by Crippen LogP contribution is 2.36. The fourth-order valence-corrected chi connectivity index (χ4v) is 5.65. The predicted octanol–water partition coefficient (Wildman–Crippen LogP) is 6.33. The van der Waals surface area contributed by atoms with E-state index in [1.54, 1.807) is 31.5 Å². The largest absolute Gasteiger partial charge is 0.495 e. The van der Waals surface area contributed by atoms with E-state index in [9.17, 15) is 5.26 Å². The molecule has 1 atom stereocenters. The molecule has 1 unspecified atom stereocenters. The molecule has 12 heteroatoms. The number of halogens is 1. The Bertz CT molecular complexity index is 1770. The van der Waals surface area contributed by atoms with Gasteiger partial charge in [-0.25, -0.2) is 19.3 Å². The Morgan fingerprint density at radius 3 is 2.53 bits per heavy atom. The first-order chi connectivity index (χ1) is 22.7. The minimum Gasteiger partial charge on any atom is -0.495 e. The van der Waals surface area contributed by atoms with Gasteiger partial charge in [0.1, 0.15) is 47.3 Å². The fraction of sp³-hybridized carbons (Fsp3) is 0.343. The summed E-state index contributed by atoms with van der Waals surface area (Å²) in [4.78, 5) is 26.7. The van der Waals surface area contributed by atoms with Crippen molar-refractivity contribution < 1.29 is 18.7 Å². The first-order valence-electron chi connectivity index (χ1n) is 15.4. The maximum atomic E-state index is 15.4. The molecular weight excluding hydrogens is 599 g/mol. The van der Waals surface area contributed by atoms with Crippen molar-refractivity contribution in [3.8, 4) is 23.3 Å². The molecule has 244 valence electrons. The van der Waals surface area contributed by atoms with Crippen LogP contribution in [0, 0.1) is 22.6 Å². The zero-order valence-electron chi connectivity index (χ0n) is 26.9. The number of nitrogens with one attached hydrogen (secondary N) is 2. The van der Waals surface area contributed by atoms with Gasteiger partial charge >= 0.3 is 0 Å². The van der Waals surface area contributed by atoms with Crippen molar-refractivity contribution in [2.45, 2.75) is 32.2 Å². The Morgan fingerprint density at radius 1 is 1.09 bits per heavy atom. The lowest BCUT2D eigenvalue weighted by atomic mass is 9.92. The van der Waals surface area contributed by atoms with E-state index in [1.807, 2.05) is 25.1 Å². The number of allylic oxidation sites excluding steroid dienone is 1. The Labute approximate surface area is 274 Å². The second-order valence-corrected chi connectivity index (χ2v) is 11.9. The van der Waals surface area contributed by atoms with Crippen LogP contribution in [-0.4, -0.2) is 72.5 Å². The van der Waals surface area contributed by atoms with Crippen LogP contribution in [0.1, 0.15) is 26.2 Å². The zero-order valence-corrected chi connectivity index (χ0v) is 26.9. The van der Waals surface area contributed by atoms with Crippen molar-refractivity contribution in [3.63, 3.8) is 0 Å². The number of methoxy groups -OCH3 is 1. The number of piperidine rings is 1. The highest BCUT2D eigenvalue weighted by atomic mass is 19.1. The second-order valence-electron chi connectivity index (χ2n) is 11.9. The Hall–Kier alpha value is -5.28. The Kier molecular flexibility index (Phi) is 10.5. The summed E-state index contributed by atoms with van der Waals surface area (Å²) in [6, 6.07) is 14.8. The van der Waals surface area contributed by atoms with E-state index in [4.69, 9.17) is 14.3 Å². The third kappa shape index (κ3) is 8.12. The average molecular weight is 639 g/mol. The minimum atomic E-state index is -0.485. The highest BCUT2D eigenvalue weighted by molar-refractivity contribution is 5.95. The number of nitriles is 1. The third-order valence-electron chi connectivity index (χ3n) is 8.34. The monoisotopic (exact) mass is 638 g/mol. The molecule has 4 heterocycles. The zero-order chi connectivity index (χ0) is 33.4. The van der Waals surface area contributed by atoms with Crippen molar-refractivity contribution in [1.82, 2.24) is 19.9 Å². The van der Waals surface area contributed by atoms with Gasteiger partial charge in [0.05, 0.1) is 35.5 Å². The number of pyridine rings is 1. The molecule has 0 aliphatic carbocycles. The van der Waals surface area contributed by atoms with Crippen LogP contribution >= 0.6 is 0 Å². The standard InChI is InChI=1S/C32H35FN8O2.C3H4O/c1-32(18-34)9-13-41(19-32)30-15-23(6-10-35-30)43-22-4-5-26(25(33)14-22)39-31-24-16-28(38-21-7-11-40(2)12-8-21)29(42-3)17-27(24)36-20-37-31;1-2-3-4/h4-6,10,14-17,20-21,38H,7-9,11-13,19H2,1-3H3,(H,36,37,39);2-3H,1H2. The van der Waals surface area contributed by atoms with Gasteiger partial charge in [-0.15, -0.1) is 0 Å². The lowest BCUT2D eigenvalue weighted by Crippen LogP contribution is -2.36. The summed E-state index contributed by atoms with van der Waals surface area (Å²) in [7, 11) is 3.78. The van der Waals surface area contributed by atoms with Gasteiger partial charge < -0.3 is 29.9 Å². The summed E-state index contributed by atoms with van der Waals surface area (Å²) in [5, 5.41) is 17.0. The molecule has 2 aromatic carbocycles. The van der Waals surface area contributed by atoms with Gasteiger partial charge in [-0.2, -0.15) is 5.26 Å². The molecule has 47 heavy (non-hydrogen) atoms. The van der Waals surface area contributed by atoms with Crippen molar-refractivity contribution >= 4 is 40.2 Å². The van der Waals surface area contributed by atoms with Crippen molar-refractivity contribution in [2.24, 2.45) is 5.41 Å². The van der Waals surface area contributed by atoms with Crippen LogP contribution in [0.4, 0.5) is 27.4 Å². The minimum absolute atomic E-state index is 0.260. The van der Waals surface area contributed by atoms with Crippen LogP contribution in [0.3, 0.4) is 0 Å². The number of likely N-dealkylation sites (tertiary alicyclic amines) is 1. The number of aldehydes is 1. The molecule has 11 nitrogen and oxygen atoms in total. The van der Waals surface area contributed by atoms with Crippen molar-refractivity contribution in [1.29, 1.82) is 5.26 Å². The third-order valence-corrected chi connectivity index (χ3v) is 8.34. The number of benzene rings is 2. The van der Waals surface area contributed by atoms with E-state index in [0.29, 0.717) is 47.5 Å². The van der Waals surface area contributed by atoms with E-state index >= 15 is 4.39 Å². The summed E-state index contributed by atoms with van der Waals surface area (Å²) in [5.41, 5.74) is 1.41. The number of hydrogen-bond acceptors (Lipinski definition) is 11. The number of aromatic nitrogens is 3. The topological polar surface area (TPSA) is 129 Å². The molecule has 2 aliphatic rings. The summed E-state index contributed by atoms with van der Waals surface area (Å²) in [6.07, 6.45) is 7.79. The first-order valence-corrected chi connectivity index (χ1v) is 15.4. The number of anilines is 4. The lowest BCUT2D eigenvalue weighted by Gasteiger charge is -2.30. The second kappa shape index (κ2) is 14.9. The smallest absolute Gasteiger partial charge is 0.150 e. The van der Waals surface area contributed by atoms with Gasteiger partial charge in [0.25, 0.3) is 0 Å². The van der Waals surface area contributed by atoms with Gasteiger partial charge in [-0.1, -0.05) is 6.58 Å². The number of ether oxygens (including phenoxy) is 2. The Morgan fingerprint density at radius 2 is 1.85 bits per heavy atom. The van der Waals surface area contributed by atoms with Crippen LogP contribution < -0.4 is 25.0 Å². The average Bonchev–Trinajstić information content (AvgIpc) is 3.49. The van der Waals surface area contributed by atoms with Crippen LogP contribution in [0.15, 0.2) is 67.6 Å². The molecule has 0 spiro atoms. The molecule has 2 saturated heterocycles. The number of hydrogen-bond donors (Lipinski definition) is 2. The summed E-state index contributed by atoms with van der Waals surface area (Å²) in [6.45, 7) is 8.49. The van der Waals surface area contributed by atoms with Gasteiger partial charge in [0.15, 0.2) is 0 Å². The van der Waals surface area contributed by atoms with E-state index < -0.39 is 11.2 Å². The molecule has 2 N–H and O–H groups in total. The number of carbonyl (C=O) groups excluding carboxylic acids is 1. The number of nitrogens with zero attached hydrogens (tertiary/aromatic N) is 6. The van der Waals surface area contributed by atoms with Gasteiger partial charge in [0, 0.05) is 48.9 Å². The SMILES string of the molecule is C=CC=O.COc1cc2ncnc(Nc3ccc(Oc4ccnc(N5CCC(C)(C#N)C5)c4)cc3F)c2cc1NC1CCN(C)CC1. The number of rotatable bonds is 9. The summed E-state index contributed by atoms with van der Waals surface area (Å²) >= 11 is 0. The maximum absolute atomic E-state index is 15.4. The quantitative estimate of drug-likeness (QED) is 0.158. The number of carbonyl (C=O) groups is 1. The maximum Gasteiger partial charge on any atom is 0.150 e. The molecule has 0 saturated carbocycles. The van der Waals surface area contributed by atoms with Crippen LogP contribution in [0.2, 0.25) is 0 Å². The molecule has 0 amide bonds.